The molecule has 0 saturated heterocycles. The first-order valence-corrected chi connectivity index (χ1v) is 7.13. The molecule has 1 atom stereocenters. The maximum atomic E-state index is 11.2. The van der Waals surface area contributed by atoms with Crippen LogP contribution in [-0.2, 0) is 9.53 Å². The Kier molecular flexibility index (Phi) is 8.64. The molecule has 0 heterocycles. The van der Waals surface area contributed by atoms with Gasteiger partial charge in [0.1, 0.15) is 19.0 Å². The summed E-state index contributed by atoms with van der Waals surface area (Å²) in [7, 11) is 0. The number of carbonyl (C=O) groups is 1. The summed E-state index contributed by atoms with van der Waals surface area (Å²) in [5, 5.41) is 18.7. The predicted octanol–water partition coefficient (Wildman–Crippen LogP) is 2.16. The zero-order valence-electron chi connectivity index (χ0n) is 12.5. The van der Waals surface area contributed by atoms with E-state index in [2.05, 4.69) is 6.58 Å². The summed E-state index contributed by atoms with van der Waals surface area (Å²) in [5.41, 5.74) is 0.777. The van der Waals surface area contributed by atoms with Gasteiger partial charge in [-0.15, -0.1) is 0 Å². The molecule has 2 N–H and O–H groups in total. The number of allylic oxidation sites excluding steroid dienone is 1. The Morgan fingerprint density at radius 3 is 2.68 bits per heavy atom. The fraction of sp³-hybridized carbons (Fsp3) is 0.353. The van der Waals surface area contributed by atoms with E-state index in [1.54, 1.807) is 30.3 Å². The highest BCUT2D eigenvalue weighted by molar-refractivity contribution is 5.81. The first-order chi connectivity index (χ1) is 10.7. The van der Waals surface area contributed by atoms with Crippen LogP contribution >= 0.6 is 0 Å². The molecule has 0 radical (unpaired) electrons. The van der Waals surface area contributed by atoms with E-state index in [4.69, 9.17) is 14.6 Å². The number of carbonyl (C=O) groups excluding carboxylic acids is 1. The molecule has 5 heteroatoms. The second-order valence-corrected chi connectivity index (χ2v) is 4.56. The second kappa shape index (κ2) is 10.6. The maximum Gasteiger partial charge on any atom is 0.330 e. The third-order valence-electron chi connectivity index (χ3n) is 2.83. The molecule has 0 unspecified atom stereocenters. The zero-order chi connectivity index (χ0) is 16.2. The van der Waals surface area contributed by atoms with Crippen molar-refractivity contribution in [2.24, 2.45) is 0 Å². The lowest BCUT2D eigenvalue weighted by atomic mass is 10.0. The van der Waals surface area contributed by atoms with Gasteiger partial charge in [-0.25, -0.2) is 4.79 Å². The molecule has 22 heavy (non-hydrogen) atoms. The van der Waals surface area contributed by atoms with E-state index < -0.39 is 12.1 Å². The fourth-order valence-corrected chi connectivity index (χ4v) is 1.74. The van der Waals surface area contributed by atoms with Crippen molar-refractivity contribution < 1.29 is 24.5 Å². The maximum absolute atomic E-state index is 11.2. The highest BCUT2D eigenvalue weighted by Gasteiger charge is 2.06. The number of hydrogen-bond donors (Lipinski definition) is 2. The van der Waals surface area contributed by atoms with Crippen LogP contribution in [0.4, 0.5) is 0 Å². The Labute approximate surface area is 130 Å². The normalized spacial score (nSPS) is 12.1. The zero-order valence-corrected chi connectivity index (χ0v) is 12.5. The molecule has 1 aromatic rings. The molecule has 5 nitrogen and oxygen atoms in total. The van der Waals surface area contributed by atoms with Crippen molar-refractivity contribution in [1.82, 2.24) is 0 Å². The molecule has 0 aliphatic heterocycles. The van der Waals surface area contributed by atoms with Crippen LogP contribution in [0.25, 0.3) is 0 Å². The average Bonchev–Trinajstić information content (AvgIpc) is 2.55. The van der Waals surface area contributed by atoms with Crippen LogP contribution in [0.15, 0.2) is 49.1 Å². The SMILES string of the molecule is C=CCOC(=O)/C=C/CC[C@@H](O)c1ccc(OCCO)cc1. The van der Waals surface area contributed by atoms with Gasteiger partial charge in [0.15, 0.2) is 0 Å². The molecule has 0 aliphatic carbocycles. The van der Waals surface area contributed by atoms with Crippen molar-refractivity contribution in [3.8, 4) is 5.75 Å². The summed E-state index contributed by atoms with van der Waals surface area (Å²) < 4.78 is 10.0. The highest BCUT2D eigenvalue weighted by atomic mass is 16.5. The molecular weight excluding hydrogens is 284 g/mol. The highest BCUT2D eigenvalue weighted by Crippen LogP contribution is 2.21. The molecule has 0 aliphatic rings. The summed E-state index contributed by atoms with van der Waals surface area (Å²) in [6.07, 6.45) is 4.98. The van der Waals surface area contributed by atoms with Gasteiger partial charge < -0.3 is 19.7 Å². The Bertz CT molecular complexity index is 478. The van der Waals surface area contributed by atoms with Crippen molar-refractivity contribution in [2.45, 2.75) is 18.9 Å². The lowest BCUT2D eigenvalue weighted by molar-refractivity contribution is -0.136. The molecule has 1 rings (SSSR count). The van der Waals surface area contributed by atoms with Gasteiger partial charge in [-0.05, 0) is 30.5 Å². The van der Waals surface area contributed by atoms with E-state index in [0.29, 0.717) is 18.6 Å². The number of esters is 1. The Hall–Kier alpha value is -2.11. The Morgan fingerprint density at radius 2 is 2.05 bits per heavy atom. The molecular formula is C17H22O5. The van der Waals surface area contributed by atoms with Crippen LogP contribution in [0.2, 0.25) is 0 Å². The van der Waals surface area contributed by atoms with E-state index in [1.165, 1.54) is 12.2 Å². The lowest BCUT2D eigenvalue weighted by Gasteiger charge is -2.11. The van der Waals surface area contributed by atoms with Gasteiger partial charge in [0.25, 0.3) is 0 Å². The number of aliphatic hydroxyl groups excluding tert-OH is 2. The van der Waals surface area contributed by atoms with Gasteiger partial charge in [-0.3, -0.25) is 0 Å². The summed E-state index contributed by atoms with van der Waals surface area (Å²) in [6, 6.07) is 7.05. The molecule has 1 aromatic carbocycles. The monoisotopic (exact) mass is 306 g/mol. The van der Waals surface area contributed by atoms with Gasteiger partial charge in [0, 0.05) is 6.08 Å². The van der Waals surface area contributed by atoms with Crippen molar-refractivity contribution >= 4 is 5.97 Å². The average molecular weight is 306 g/mol. The van der Waals surface area contributed by atoms with Crippen LogP contribution in [0.5, 0.6) is 5.75 Å². The number of benzene rings is 1. The number of hydrogen-bond acceptors (Lipinski definition) is 5. The van der Waals surface area contributed by atoms with E-state index in [-0.39, 0.29) is 19.8 Å². The van der Waals surface area contributed by atoms with Gasteiger partial charge in [-0.1, -0.05) is 30.9 Å². The minimum atomic E-state index is -0.610. The third kappa shape index (κ3) is 7.06. The van der Waals surface area contributed by atoms with Crippen LogP contribution in [0.1, 0.15) is 24.5 Å². The molecule has 0 fully saturated rings. The summed E-state index contributed by atoms with van der Waals surface area (Å²) in [6.45, 7) is 3.85. The lowest BCUT2D eigenvalue weighted by Crippen LogP contribution is -2.02. The van der Waals surface area contributed by atoms with E-state index in [0.717, 1.165) is 5.56 Å². The van der Waals surface area contributed by atoms with Gasteiger partial charge in [0.2, 0.25) is 0 Å². The second-order valence-electron chi connectivity index (χ2n) is 4.56. The van der Waals surface area contributed by atoms with E-state index in [9.17, 15) is 9.90 Å². The van der Waals surface area contributed by atoms with E-state index in [1.807, 2.05) is 0 Å². The number of ether oxygens (including phenoxy) is 2. The Morgan fingerprint density at radius 1 is 1.32 bits per heavy atom. The summed E-state index contributed by atoms with van der Waals surface area (Å²) >= 11 is 0. The van der Waals surface area contributed by atoms with Gasteiger partial charge in [0.05, 0.1) is 12.7 Å². The van der Waals surface area contributed by atoms with Crippen LogP contribution in [0.3, 0.4) is 0 Å². The number of aliphatic hydroxyl groups is 2. The minimum Gasteiger partial charge on any atom is -0.491 e. The molecule has 0 amide bonds. The van der Waals surface area contributed by atoms with Crippen molar-refractivity contribution in [1.29, 1.82) is 0 Å². The third-order valence-corrected chi connectivity index (χ3v) is 2.83. The summed E-state index contributed by atoms with van der Waals surface area (Å²) in [4.78, 5) is 11.2. The smallest absolute Gasteiger partial charge is 0.330 e. The molecule has 120 valence electrons. The first kappa shape index (κ1) is 17.9. The first-order valence-electron chi connectivity index (χ1n) is 7.13. The standard InChI is InChI=1S/C17H22O5/c1-2-12-22-17(20)6-4-3-5-16(19)14-7-9-15(10-8-14)21-13-11-18/h2,4,6-10,16,18-19H,1,3,5,11-13H2/b6-4+/t16-/m1/s1. The molecule has 0 saturated carbocycles. The van der Waals surface area contributed by atoms with Gasteiger partial charge >= 0.3 is 5.97 Å². The molecule has 0 spiro atoms. The van der Waals surface area contributed by atoms with Gasteiger partial charge in [-0.2, -0.15) is 0 Å². The summed E-state index contributed by atoms with van der Waals surface area (Å²) in [5.74, 6) is 0.231. The minimum absolute atomic E-state index is 0.0358. The van der Waals surface area contributed by atoms with Crippen LogP contribution in [-0.4, -0.2) is 36.0 Å². The molecule has 0 aromatic heterocycles. The fourth-order valence-electron chi connectivity index (χ4n) is 1.74. The topological polar surface area (TPSA) is 76.0 Å². The van der Waals surface area contributed by atoms with Crippen molar-refractivity contribution in [2.75, 3.05) is 19.8 Å². The van der Waals surface area contributed by atoms with Crippen LogP contribution < -0.4 is 4.74 Å². The van der Waals surface area contributed by atoms with Crippen molar-refractivity contribution in [3.05, 3.63) is 54.6 Å². The predicted molar refractivity (Wildman–Crippen MR) is 83.5 cm³/mol. The van der Waals surface area contributed by atoms with Crippen LogP contribution in [0, 0.1) is 0 Å². The Balaban J connectivity index is 2.35. The van der Waals surface area contributed by atoms with Crippen molar-refractivity contribution in [3.63, 3.8) is 0 Å². The quantitative estimate of drug-likeness (QED) is 0.393. The molecule has 0 bridgehead atoms. The largest absolute Gasteiger partial charge is 0.491 e. The van der Waals surface area contributed by atoms with E-state index >= 15 is 0 Å². The number of rotatable bonds is 10.